The van der Waals surface area contributed by atoms with E-state index in [2.05, 4.69) is 24.4 Å². The summed E-state index contributed by atoms with van der Waals surface area (Å²) < 4.78 is 5.11. The number of nitrogens with one attached hydrogen (secondary N) is 1. The predicted molar refractivity (Wildman–Crippen MR) is 69.5 cm³/mol. The lowest BCUT2D eigenvalue weighted by molar-refractivity contribution is 0.414. The summed E-state index contributed by atoms with van der Waals surface area (Å²) in [4.78, 5) is 0. The van der Waals surface area contributed by atoms with Gasteiger partial charge in [0.2, 0.25) is 0 Å². The summed E-state index contributed by atoms with van der Waals surface area (Å²) in [5, 5.41) is 3.60. The largest absolute Gasteiger partial charge is 0.497 e. The Balaban J connectivity index is 2.21. The molecule has 1 rings (SSSR count). The normalized spacial score (nSPS) is 12.4. The van der Waals surface area contributed by atoms with Gasteiger partial charge in [-0.2, -0.15) is 0 Å². The van der Waals surface area contributed by atoms with Crippen LogP contribution in [0.1, 0.15) is 18.9 Å². The van der Waals surface area contributed by atoms with Crippen molar-refractivity contribution in [2.45, 2.75) is 25.1 Å². The fourth-order valence-corrected chi connectivity index (χ4v) is 1.54. The molecule has 3 heteroatoms. The summed E-state index contributed by atoms with van der Waals surface area (Å²) >= 11 is 6.01. The number of methoxy groups -OCH3 is 1. The van der Waals surface area contributed by atoms with Crippen LogP contribution in [-0.4, -0.2) is 25.6 Å². The molecule has 1 aromatic carbocycles. The van der Waals surface area contributed by atoms with Gasteiger partial charge in [-0.1, -0.05) is 19.1 Å². The van der Waals surface area contributed by atoms with Crippen LogP contribution in [0.25, 0.3) is 0 Å². The molecule has 0 aliphatic heterocycles. The van der Waals surface area contributed by atoms with E-state index in [0.29, 0.717) is 0 Å². The van der Waals surface area contributed by atoms with Crippen LogP contribution in [0.15, 0.2) is 24.3 Å². The first-order valence-electron chi connectivity index (χ1n) is 5.74. The highest BCUT2D eigenvalue weighted by atomic mass is 35.5. The number of alkyl halides is 1. The van der Waals surface area contributed by atoms with Crippen molar-refractivity contribution in [3.05, 3.63) is 29.8 Å². The molecule has 0 saturated carbocycles. The molecule has 90 valence electrons. The van der Waals surface area contributed by atoms with Crippen LogP contribution in [-0.2, 0) is 6.42 Å². The van der Waals surface area contributed by atoms with Crippen molar-refractivity contribution in [3.8, 4) is 5.75 Å². The fraction of sp³-hybridized carbons (Fsp3) is 0.538. The molecule has 0 aromatic heterocycles. The van der Waals surface area contributed by atoms with E-state index >= 15 is 0 Å². The summed E-state index contributed by atoms with van der Waals surface area (Å²) in [5.41, 5.74) is 1.32. The number of rotatable bonds is 7. The zero-order valence-corrected chi connectivity index (χ0v) is 10.8. The van der Waals surface area contributed by atoms with Crippen molar-refractivity contribution in [1.82, 2.24) is 5.32 Å². The number of ether oxygens (including phenoxy) is 1. The Kier molecular flexibility index (Phi) is 6.27. The summed E-state index contributed by atoms with van der Waals surface area (Å²) in [6, 6.07) is 8.18. The van der Waals surface area contributed by atoms with Gasteiger partial charge < -0.3 is 10.1 Å². The number of hydrogen-bond acceptors (Lipinski definition) is 2. The van der Waals surface area contributed by atoms with Crippen LogP contribution in [0, 0.1) is 0 Å². The first-order valence-corrected chi connectivity index (χ1v) is 6.17. The highest BCUT2D eigenvalue weighted by Gasteiger charge is 1.99. The van der Waals surface area contributed by atoms with Crippen molar-refractivity contribution in [2.75, 3.05) is 20.2 Å². The fourth-order valence-electron chi connectivity index (χ4n) is 1.43. The lowest BCUT2D eigenvalue weighted by Gasteiger charge is -2.08. The molecule has 0 aliphatic rings. The zero-order valence-electron chi connectivity index (χ0n) is 10.0. The maximum absolute atomic E-state index is 6.01. The molecule has 0 amide bonds. The van der Waals surface area contributed by atoms with Crippen LogP contribution >= 0.6 is 11.6 Å². The van der Waals surface area contributed by atoms with E-state index in [1.807, 2.05) is 12.1 Å². The van der Waals surface area contributed by atoms with E-state index in [1.54, 1.807) is 7.11 Å². The van der Waals surface area contributed by atoms with Crippen molar-refractivity contribution in [3.63, 3.8) is 0 Å². The molecular weight excluding hydrogens is 222 g/mol. The number of halogens is 1. The Morgan fingerprint density at radius 1 is 1.31 bits per heavy atom. The Morgan fingerprint density at radius 2 is 2.00 bits per heavy atom. The maximum atomic E-state index is 6.01. The molecule has 1 unspecified atom stereocenters. The molecule has 0 fully saturated rings. The standard InChI is InChI=1S/C13H20ClNO/c1-3-12(14)10-15-9-8-11-4-6-13(16-2)7-5-11/h4-7,12,15H,3,8-10H2,1-2H3. The Labute approximate surface area is 103 Å². The van der Waals surface area contributed by atoms with Gasteiger partial charge in [0.05, 0.1) is 7.11 Å². The summed E-state index contributed by atoms with van der Waals surface area (Å²) in [6.45, 7) is 3.95. The van der Waals surface area contributed by atoms with E-state index in [1.165, 1.54) is 5.56 Å². The lowest BCUT2D eigenvalue weighted by Crippen LogP contribution is -2.24. The molecular formula is C13H20ClNO. The summed E-state index contributed by atoms with van der Waals surface area (Å²) in [6.07, 6.45) is 2.04. The van der Waals surface area contributed by atoms with Crippen LogP contribution in [0.2, 0.25) is 0 Å². The molecule has 1 atom stereocenters. The third-order valence-corrected chi connectivity index (χ3v) is 3.02. The molecule has 0 aliphatic carbocycles. The van der Waals surface area contributed by atoms with Gasteiger partial charge in [-0.3, -0.25) is 0 Å². The molecule has 2 nitrogen and oxygen atoms in total. The second-order valence-corrected chi connectivity index (χ2v) is 4.42. The highest BCUT2D eigenvalue weighted by Crippen LogP contribution is 2.11. The van der Waals surface area contributed by atoms with Gasteiger partial charge in [0, 0.05) is 11.9 Å². The Hall–Kier alpha value is -0.730. The predicted octanol–water partition coefficient (Wildman–Crippen LogP) is 2.84. The minimum Gasteiger partial charge on any atom is -0.497 e. The van der Waals surface area contributed by atoms with Crippen molar-refractivity contribution < 1.29 is 4.74 Å². The molecule has 0 spiro atoms. The van der Waals surface area contributed by atoms with E-state index in [-0.39, 0.29) is 5.38 Å². The molecule has 0 heterocycles. The highest BCUT2D eigenvalue weighted by molar-refractivity contribution is 6.20. The van der Waals surface area contributed by atoms with Gasteiger partial charge in [0.1, 0.15) is 5.75 Å². The van der Waals surface area contributed by atoms with Crippen LogP contribution in [0.3, 0.4) is 0 Å². The molecule has 1 aromatic rings. The molecule has 0 radical (unpaired) electrons. The smallest absolute Gasteiger partial charge is 0.118 e. The minimum atomic E-state index is 0.246. The summed E-state index contributed by atoms with van der Waals surface area (Å²) in [7, 11) is 1.68. The Bertz CT molecular complexity index is 286. The van der Waals surface area contributed by atoms with Crippen LogP contribution < -0.4 is 10.1 Å². The van der Waals surface area contributed by atoms with Gasteiger partial charge in [-0.25, -0.2) is 0 Å². The third-order valence-electron chi connectivity index (χ3n) is 2.56. The van der Waals surface area contributed by atoms with Gasteiger partial charge >= 0.3 is 0 Å². The second kappa shape index (κ2) is 7.53. The van der Waals surface area contributed by atoms with E-state index in [9.17, 15) is 0 Å². The number of hydrogen-bond donors (Lipinski definition) is 1. The van der Waals surface area contributed by atoms with Crippen LogP contribution in [0.4, 0.5) is 0 Å². The van der Waals surface area contributed by atoms with E-state index in [4.69, 9.17) is 16.3 Å². The van der Waals surface area contributed by atoms with Crippen molar-refractivity contribution in [2.24, 2.45) is 0 Å². The quantitative estimate of drug-likeness (QED) is 0.586. The Morgan fingerprint density at radius 3 is 2.56 bits per heavy atom. The molecule has 0 saturated heterocycles. The SMILES string of the molecule is CCC(Cl)CNCCc1ccc(OC)cc1. The first-order chi connectivity index (χ1) is 7.76. The average Bonchev–Trinajstić information content (AvgIpc) is 2.35. The molecule has 0 bridgehead atoms. The zero-order chi connectivity index (χ0) is 11.8. The minimum absolute atomic E-state index is 0.246. The summed E-state index contributed by atoms with van der Waals surface area (Å²) in [5.74, 6) is 0.906. The molecule has 16 heavy (non-hydrogen) atoms. The average molecular weight is 242 g/mol. The van der Waals surface area contributed by atoms with Gasteiger partial charge in [-0.15, -0.1) is 11.6 Å². The second-order valence-electron chi connectivity index (χ2n) is 3.81. The first kappa shape index (κ1) is 13.3. The lowest BCUT2D eigenvalue weighted by atomic mass is 10.1. The van der Waals surface area contributed by atoms with Crippen molar-refractivity contribution in [1.29, 1.82) is 0 Å². The molecule has 1 N–H and O–H groups in total. The van der Waals surface area contributed by atoms with E-state index in [0.717, 1.165) is 31.7 Å². The van der Waals surface area contributed by atoms with Crippen LogP contribution in [0.5, 0.6) is 5.75 Å². The van der Waals surface area contributed by atoms with E-state index < -0.39 is 0 Å². The monoisotopic (exact) mass is 241 g/mol. The van der Waals surface area contributed by atoms with Gasteiger partial charge in [0.15, 0.2) is 0 Å². The topological polar surface area (TPSA) is 21.3 Å². The third kappa shape index (κ3) is 4.86. The van der Waals surface area contributed by atoms with Gasteiger partial charge in [-0.05, 0) is 37.1 Å². The van der Waals surface area contributed by atoms with Gasteiger partial charge in [0.25, 0.3) is 0 Å². The maximum Gasteiger partial charge on any atom is 0.118 e. The van der Waals surface area contributed by atoms with Crippen molar-refractivity contribution >= 4 is 11.6 Å². The number of benzene rings is 1.